The van der Waals surface area contributed by atoms with Crippen LogP contribution in [0.4, 0.5) is 6.01 Å². The highest BCUT2D eigenvalue weighted by molar-refractivity contribution is 5.79. The maximum atomic E-state index is 12.6. The summed E-state index contributed by atoms with van der Waals surface area (Å²) in [5, 5.41) is 11.4. The van der Waals surface area contributed by atoms with E-state index in [0.717, 1.165) is 48.5 Å². The highest BCUT2D eigenvalue weighted by atomic mass is 16.4. The number of aromatic nitrogens is 4. The van der Waals surface area contributed by atoms with Crippen LogP contribution in [-0.2, 0) is 11.2 Å². The van der Waals surface area contributed by atoms with Crippen molar-refractivity contribution < 1.29 is 9.21 Å². The molecule has 148 valence electrons. The van der Waals surface area contributed by atoms with Crippen LogP contribution in [0.1, 0.15) is 18.7 Å². The second kappa shape index (κ2) is 7.54. The lowest BCUT2D eigenvalue weighted by Crippen LogP contribution is -2.41. The number of para-hydroxylation sites is 2. The van der Waals surface area contributed by atoms with Gasteiger partial charge in [0.1, 0.15) is 11.3 Å². The zero-order valence-electron chi connectivity index (χ0n) is 16.0. The minimum atomic E-state index is 0.0192. The first-order chi connectivity index (χ1) is 14.3. The normalized spacial score (nSPS) is 15.2. The van der Waals surface area contributed by atoms with Crippen molar-refractivity contribution in [3.05, 3.63) is 54.5 Å². The highest BCUT2D eigenvalue weighted by Gasteiger charge is 2.27. The number of fused-ring (bicyclic) bond motifs is 2. The van der Waals surface area contributed by atoms with Gasteiger partial charge in [-0.05, 0) is 37.1 Å². The SMILES string of the molecule is O=C(NCCc1nnc2ccccn12)C1CCN(c2nc3ccccc3o2)CC1. The molecule has 1 fully saturated rings. The Morgan fingerprint density at radius 2 is 1.93 bits per heavy atom. The van der Waals surface area contributed by atoms with Crippen molar-refractivity contribution in [1.82, 2.24) is 24.9 Å². The van der Waals surface area contributed by atoms with Crippen molar-refractivity contribution in [1.29, 1.82) is 0 Å². The van der Waals surface area contributed by atoms with Gasteiger partial charge < -0.3 is 14.6 Å². The van der Waals surface area contributed by atoms with Crippen LogP contribution in [0.3, 0.4) is 0 Å². The lowest BCUT2D eigenvalue weighted by atomic mass is 9.96. The van der Waals surface area contributed by atoms with Gasteiger partial charge in [-0.1, -0.05) is 18.2 Å². The molecular weight excluding hydrogens is 368 g/mol. The summed E-state index contributed by atoms with van der Waals surface area (Å²) in [4.78, 5) is 19.2. The van der Waals surface area contributed by atoms with Crippen molar-refractivity contribution in [3.63, 3.8) is 0 Å². The average molecular weight is 390 g/mol. The second-order valence-corrected chi connectivity index (χ2v) is 7.31. The zero-order valence-corrected chi connectivity index (χ0v) is 16.0. The molecule has 0 unspecified atom stereocenters. The van der Waals surface area contributed by atoms with E-state index in [0.29, 0.717) is 19.0 Å². The van der Waals surface area contributed by atoms with Crippen molar-refractivity contribution in [3.8, 4) is 0 Å². The maximum absolute atomic E-state index is 12.6. The molecule has 3 aromatic heterocycles. The summed E-state index contributed by atoms with van der Waals surface area (Å²) in [6, 6.07) is 14.2. The van der Waals surface area contributed by atoms with Gasteiger partial charge in [0.15, 0.2) is 11.2 Å². The summed E-state index contributed by atoms with van der Waals surface area (Å²) >= 11 is 0. The number of rotatable bonds is 5. The molecule has 1 aliphatic heterocycles. The Balaban J connectivity index is 1.13. The topological polar surface area (TPSA) is 88.6 Å². The molecule has 0 radical (unpaired) electrons. The summed E-state index contributed by atoms with van der Waals surface area (Å²) in [6.45, 7) is 2.08. The third kappa shape index (κ3) is 3.53. The number of anilines is 1. The summed E-state index contributed by atoms with van der Waals surface area (Å²) in [6.07, 6.45) is 4.17. The fourth-order valence-corrected chi connectivity index (χ4v) is 3.83. The summed E-state index contributed by atoms with van der Waals surface area (Å²) < 4.78 is 7.79. The van der Waals surface area contributed by atoms with E-state index in [9.17, 15) is 4.79 Å². The number of amides is 1. The van der Waals surface area contributed by atoms with E-state index >= 15 is 0 Å². The fraction of sp³-hybridized carbons (Fsp3) is 0.333. The molecule has 0 saturated carbocycles. The van der Waals surface area contributed by atoms with Gasteiger partial charge in [-0.15, -0.1) is 10.2 Å². The van der Waals surface area contributed by atoms with Gasteiger partial charge >= 0.3 is 0 Å². The maximum Gasteiger partial charge on any atom is 0.298 e. The van der Waals surface area contributed by atoms with E-state index in [4.69, 9.17) is 4.42 Å². The number of hydrogen-bond donors (Lipinski definition) is 1. The van der Waals surface area contributed by atoms with Crippen molar-refractivity contribution in [2.24, 2.45) is 5.92 Å². The average Bonchev–Trinajstić information content (AvgIpc) is 3.38. The zero-order chi connectivity index (χ0) is 19.6. The van der Waals surface area contributed by atoms with E-state index in [1.54, 1.807) is 0 Å². The highest BCUT2D eigenvalue weighted by Crippen LogP contribution is 2.26. The Bertz CT molecular complexity index is 1110. The standard InChI is InChI=1S/C21H22N6O2/c28-20(22-11-8-19-25-24-18-7-3-4-12-27(18)19)15-9-13-26(14-10-15)21-23-16-5-1-2-6-17(16)29-21/h1-7,12,15H,8-11,13-14H2,(H,22,28). The second-order valence-electron chi connectivity index (χ2n) is 7.31. The summed E-state index contributed by atoms with van der Waals surface area (Å²) in [5.41, 5.74) is 2.48. The van der Waals surface area contributed by atoms with Gasteiger partial charge in [0.05, 0.1) is 0 Å². The number of nitrogens with one attached hydrogen (secondary N) is 1. The molecule has 0 aliphatic carbocycles. The number of hydrogen-bond acceptors (Lipinski definition) is 6. The number of pyridine rings is 1. The van der Waals surface area contributed by atoms with Gasteiger partial charge in [-0.3, -0.25) is 9.20 Å². The number of benzene rings is 1. The minimum absolute atomic E-state index is 0.0192. The molecule has 1 aliphatic rings. The van der Waals surface area contributed by atoms with Gasteiger partial charge in [0.25, 0.3) is 6.01 Å². The summed E-state index contributed by atoms with van der Waals surface area (Å²) in [7, 11) is 0. The van der Waals surface area contributed by atoms with E-state index in [2.05, 4.69) is 25.4 Å². The van der Waals surface area contributed by atoms with Crippen LogP contribution in [0.2, 0.25) is 0 Å². The van der Waals surface area contributed by atoms with E-state index in [1.165, 1.54) is 0 Å². The lowest BCUT2D eigenvalue weighted by molar-refractivity contribution is -0.125. The van der Waals surface area contributed by atoms with Crippen LogP contribution >= 0.6 is 0 Å². The smallest absolute Gasteiger partial charge is 0.298 e. The molecule has 1 aromatic carbocycles. The Morgan fingerprint density at radius 1 is 1.10 bits per heavy atom. The van der Waals surface area contributed by atoms with Gasteiger partial charge in [0.2, 0.25) is 5.91 Å². The molecule has 4 aromatic rings. The molecule has 0 atom stereocenters. The molecule has 4 heterocycles. The molecule has 29 heavy (non-hydrogen) atoms. The van der Waals surface area contributed by atoms with Crippen LogP contribution in [-0.4, -0.2) is 45.1 Å². The van der Waals surface area contributed by atoms with Gasteiger partial charge in [0, 0.05) is 38.2 Å². The van der Waals surface area contributed by atoms with Gasteiger partial charge in [-0.25, -0.2) is 0 Å². The molecule has 0 spiro atoms. The van der Waals surface area contributed by atoms with Crippen molar-refractivity contribution in [2.75, 3.05) is 24.5 Å². The number of nitrogens with zero attached hydrogens (tertiary/aromatic N) is 5. The third-order valence-electron chi connectivity index (χ3n) is 5.45. The molecule has 5 rings (SSSR count). The molecule has 1 N–H and O–H groups in total. The predicted molar refractivity (Wildman–Crippen MR) is 109 cm³/mol. The number of oxazole rings is 1. The lowest BCUT2D eigenvalue weighted by Gasteiger charge is -2.30. The van der Waals surface area contributed by atoms with Crippen LogP contribution in [0.5, 0.6) is 0 Å². The molecule has 1 saturated heterocycles. The van der Waals surface area contributed by atoms with E-state index in [1.807, 2.05) is 53.1 Å². The molecule has 8 heteroatoms. The molecule has 8 nitrogen and oxygen atoms in total. The molecule has 1 amide bonds. The number of carbonyl (C=O) groups excluding carboxylic acids is 1. The van der Waals surface area contributed by atoms with E-state index < -0.39 is 0 Å². The largest absolute Gasteiger partial charge is 0.423 e. The third-order valence-corrected chi connectivity index (χ3v) is 5.45. The van der Waals surface area contributed by atoms with Crippen molar-refractivity contribution >= 4 is 28.7 Å². The van der Waals surface area contributed by atoms with Crippen LogP contribution in [0, 0.1) is 5.92 Å². The Hall–Kier alpha value is -3.42. The molecule has 0 bridgehead atoms. The van der Waals surface area contributed by atoms with Crippen LogP contribution in [0.15, 0.2) is 53.1 Å². The minimum Gasteiger partial charge on any atom is -0.423 e. The number of piperidine rings is 1. The Morgan fingerprint density at radius 3 is 2.79 bits per heavy atom. The first-order valence-electron chi connectivity index (χ1n) is 9.95. The van der Waals surface area contributed by atoms with Gasteiger partial charge in [-0.2, -0.15) is 4.98 Å². The van der Waals surface area contributed by atoms with E-state index in [-0.39, 0.29) is 11.8 Å². The van der Waals surface area contributed by atoms with Crippen molar-refractivity contribution in [2.45, 2.75) is 19.3 Å². The monoisotopic (exact) mass is 390 g/mol. The van der Waals surface area contributed by atoms with Crippen LogP contribution in [0.25, 0.3) is 16.7 Å². The van der Waals surface area contributed by atoms with Crippen LogP contribution < -0.4 is 10.2 Å². The Labute approximate surface area is 167 Å². The predicted octanol–water partition coefficient (Wildman–Crippen LogP) is 2.45. The first kappa shape index (κ1) is 17.7. The Kier molecular flexibility index (Phi) is 4.59. The fourth-order valence-electron chi connectivity index (χ4n) is 3.83. The molecular formula is C21H22N6O2. The number of carbonyl (C=O) groups is 1. The summed E-state index contributed by atoms with van der Waals surface area (Å²) in [5.74, 6) is 0.980. The quantitative estimate of drug-likeness (QED) is 0.563. The first-order valence-corrected chi connectivity index (χ1v) is 9.95.